The van der Waals surface area contributed by atoms with E-state index in [2.05, 4.69) is 4.98 Å². The third-order valence-corrected chi connectivity index (χ3v) is 8.40. The molecular weight excluding hydrogens is 438 g/mol. The molecule has 3 heterocycles. The summed E-state index contributed by atoms with van der Waals surface area (Å²) in [6, 6.07) is 17.9. The molecule has 170 valence electrons. The van der Waals surface area contributed by atoms with E-state index in [4.69, 9.17) is 4.74 Å². The van der Waals surface area contributed by atoms with E-state index in [1.165, 1.54) is 0 Å². The molecule has 1 aromatic heterocycles. The molecule has 1 amide bonds. The summed E-state index contributed by atoms with van der Waals surface area (Å²) in [6.45, 7) is 3.45. The maximum absolute atomic E-state index is 13.6. The summed E-state index contributed by atoms with van der Waals surface area (Å²) < 4.78 is 34.2. The molecule has 0 saturated carbocycles. The third kappa shape index (κ3) is 3.59. The van der Waals surface area contributed by atoms with E-state index in [0.29, 0.717) is 42.3 Å². The Hall–Kier alpha value is -3.23. The molecule has 5 rings (SSSR count). The van der Waals surface area contributed by atoms with Crippen LogP contribution in [0.15, 0.2) is 78.0 Å². The van der Waals surface area contributed by atoms with Crippen molar-refractivity contribution >= 4 is 15.9 Å². The minimum absolute atomic E-state index is 0.113. The molecule has 1 fully saturated rings. The largest absolute Gasteiger partial charge is 0.494 e. The number of carbonyl (C=O) groups is 1. The summed E-state index contributed by atoms with van der Waals surface area (Å²) in [4.78, 5) is 19.5. The summed E-state index contributed by atoms with van der Waals surface area (Å²) in [7, 11) is -3.71. The predicted octanol–water partition coefficient (Wildman–Crippen LogP) is 3.43. The third-order valence-electron chi connectivity index (χ3n) is 6.43. The highest BCUT2D eigenvalue weighted by atomic mass is 32.2. The average Bonchev–Trinajstić information content (AvgIpc) is 3.35. The van der Waals surface area contributed by atoms with Crippen LogP contribution in [0.1, 0.15) is 34.8 Å². The molecular formula is C25H25N3O4S. The Balaban J connectivity index is 1.49. The second-order valence-corrected chi connectivity index (χ2v) is 10.2. The van der Waals surface area contributed by atoms with E-state index in [9.17, 15) is 13.2 Å². The van der Waals surface area contributed by atoms with Gasteiger partial charge in [0.2, 0.25) is 10.0 Å². The number of benzene rings is 2. The van der Waals surface area contributed by atoms with Crippen molar-refractivity contribution in [2.45, 2.75) is 30.3 Å². The number of carbonyl (C=O) groups excluding carboxylic acids is 1. The van der Waals surface area contributed by atoms with Crippen molar-refractivity contribution in [3.63, 3.8) is 0 Å². The van der Waals surface area contributed by atoms with Crippen LogP contribution in [0, 0.1) is 0 Å². The zero-order chi connectivity index (χ0) is 23.1. The second kappa shape index (κ2) is 8.28. The quantitative estimate of drug-likeness (QED) is 0.579. The number of hydrogen-bond acceptors (Lipinski definition) is 5. The van der Waals surface area contributed by atoms with Crippen LogP contribution < -0.4 is 4.74 Å². The number of fused-ring (bicyclic) bond motifs is 2. The molecule has 1 unspecified atom stereocenters. The number of pyridine rings is 1. The summed E-state index contributed by atoms with van der Waals surface area (Å²) >= 11 is 0. The Kier molecular flexibility index (Phi) is 5.42. The number of ether oxygens (including phenoxy) is 1. The van der Waals surface area contributed by atoms with Gasteiger partial charge in [-0.05, 0) is 60.9 Å². The Labute approximate surface area is 193 Å². The molecule has 2 aromatic carbocycles. The van der Waals surface area contributed by atoms with Crippen molar-refractivity contribution in [2.75, 3.05) is 19.7 Å². The van der Waals surface area contributed by atoms with E-state index in [-0.39, 0.29) is 12.5 Å². The SMILES string of the molecule is CCOc1ccc(C(=O)N2CCC3(C2)c2ccccc2S(=O)(=O)N3Cc2cccnc2)cc1. The van der Waals surface area contributed by atoms with Crippen molar-refractivity contribution in [3.8, 4) is 5.75 Å². The van der Waals surface area contributed by atoms with Crippen LogP contribution in [-0.4, -0.2) is 48.2 Å². The molecule has 1 saturated heterocycles. The predicted molar refractivity (Wildman–Crippen MR) is 123 cm³/mol. The maximum atomic E-state index is 13.6. The monoisotopic (exact) mass is 463 g/mol. The number of sulfonamides is 1. The van der Waals surface area contributed by atoms with E-state index in [0.717, 1.165) is 11.1 Å². The molecule has 2 aliphatic heterocycles. The van der Waals surface area contributed by atoms with Gasteiger partial charge in [-0.15, -0.1) is 0 Å². The first-order chi connectivity index (χ1) is 16.0. The minimum atomic E-state index is -3.71. The van der Waals surface area contributed by atoms with Gasteiger partial charge in [-0.25, -0.2) is 8.42 Å². The summed E-state index contributed by atoms with van der Waals surface area (Å²) in [5.41, 5.74) is 1.33. The summed E-state index contributed by atoms with van der Waals surface area (Å²) in [5, 5.41) is 0. The van der Waals surface area contributed by atoms with Crippen LogP contribution in [0.25, 0.3) is 0 Å². The van der Waals surface area contributed by atoms with Crippen LogP contribution >= 0.6 is 0 Å². The van der Waals surface area contributed by atoms with E-state index < -0.39 is 15.6 Å². The highest BCUT2D eigenvalue weighted by Gasteiger charge is 2.57. The van der Waals surface area contributed by atoms with Crippen molar-refractivity contribution in [1.82, 2.24) is 14.2 Å². The maximum Gasteiger partial charge on any atom is 0.253 e. The fourth-order valence-electron chi connectivity index (χ4n) is 4.89. The van der Waals surface area contributed by atoms with Gasteiger partial charge < -0.3 is 9.64 Å². The summed E-state index contributed by atoms with van der Waals surface area (Å²) in [6.07, 6.45) is 3.88. The van der Waals surface area contributed by atoms with E-state index in [1.807, 2.05) is 25.1 Å². The fourth-order valence-corrected chi connectivity index (χ4v) is 6.94. The lowest BCUT2D eigenvalue weighted by Crippen LogP contribution is -2.46. The van der Waals surface area contributed by atoms with Crippen molar-refractivity contribution in [1.29, 1.82) is 0 Å². The summed E-state index contributed by atoms with van der Waals surface area (Å²) in [5.74, 6) is 0.600. The molecule has 0 bridgehead atoms. The number of hydrogen-bond donors (Lipinski definition) is 0. The Morgan fingerprint density at radius 2 is 1.88 bits per heavy atom. The normalized spacial score (nSPS) is 21.3. The van der Waals surface area contributed by atoms with Gasteiger partial charge in [0.05, 0.1) is 17.0 Å². The molecule has 7 nitrogen and oxygen atoms in total. The van der Waals surface area contributed by atoms with Crippen LogP contribution in [-0.2, 0) is 22.1 Å². The molecule has 0 N–H and O–H groups in total. The Morgan fingerprint density at radius 1 is 1.09 bits per heavy atom. The molecule has 0 aliphatic carbocycles. The number of amides is 1. The van der Waals surface area contributed by atoms with Gasteiger partial charge in [0.1, 0.15) is 5.75 Å². The molecule has 2 aliphatic rings. The number of nitrogens with zero attached hydrogens (tertiary/aromatic N) is 3. The van der Waals surface area contributed by atoms with E-state index >= 15 is 0 Å². The van der Waals surface area contributed by atoms with Gasteiger partial charge in [0.15, 0.2) is 0 Å². The first-order valence-corrected chi connectivity index (χ1v) is 12.4. The minimum Gasteiger partial charge on any atom is -0.494 e. The van der Waals surface area contributed by atoms with Gasteiger partial charge in [-0.1, -0.05) is 24.3 Å². The molecule has 33 heavy (non-hydrogen) atoms. The van der Waals surface area contributed by atoms with Crippen LogP contribution in [0.5, 0.6) is 5.75 Å². The highest BCUT2D eigenvalue weighted by Crippen LogP contribution is 2.50. The number of aromatic nitrogens is 1. The van der Waals surface area contributed by atoms with Crippen LogP contribution in [0.3, 0.4) is 0 Å². The van der Waals surface area contributed by atoms with Gasteiger partial charge >= 0.3 is 0 Å². The highest BCUT2D eigenvalue weighted by molar-refractivity contribution is 7.89. The molecule has 8 heteroatoms. The first kappa shape index (κ1) is 21.6. The van der Waals surface area contributed by atoms with Crippen molar-refractivity contribution in [3.05, 3.63) is 89.7 Å². The second-order valence-electron chi connectivity index (χ2n) is 8.33. The lowest BCUT2D eigenvalue weighted by atomic mass is 9.88. The van der Waals surface area contributed by atoms with Gasteiger partial charge in [-0.3, -0.25) is 9.78 Å². The topological polar surface area (TPSA) is 79.8 Å². The Morgan fingerprint density at radius 3 is 2.61 bits per heavy atom. The van der Waals surface area contributed by atoms with Crippen molar-refractivity contribution < 1.29 is 17.9 Å². The van der Waals surface area contributed by atoms with Gasteiger partial charge in [0.25, 0.3) is 5.91 Å². The zero-order valence-corrected chi connectivity index (χ0v) is 19.2. The standard InChI is InChI=1S/C25H25N3O4S/c1-2-32-21-11-9-20(10-12-21)24(29)27-15-13-25(18-27)22-7-3-4-8-23(22)33(30,31)28(25)17-19-6-5-14-26-16-19/h3-12,14,16H,2,13,15,17-18H2,1H3. The smallest absolute Gasteiger partial charge is 0.253 e. The van der Waals surface area contributed by atoms with Crippen LogP contribution in [0.4, 0.5) is 0 Å². The van der Waals surface area contributed by atoms with E-state index in [1.54, 1.807) is 64.1 Å². The lowest BCUT2D eigenvalue weighted by Gasteiger charge is -2.34. The average molecular weight is 464 g/mol. The lowest BCUT2D eigenvalue weighted by molar-refractivity contribution is 0.0762. The van der Waals surface area contributed by atoms with Gasteiger partial charge in [-0.2, -0.15) is 4.31 Å². The van der Waals surface area contributed by atoms with Crippen LogP contribution in [0.2, 0.25) is 0 Å². The molecule has 3 aromatic rings. The van der Waals surface area contributed by atoms with Crippen molar-refractivity contribution in [2.24, 2.45) is 0 Å². The zero-order valence-electron chi connectivity index (χ0n) is 18.3. The first-order valence-electron chi connectivity index (χ1n) is 11.0. The number of rotatable bonds is 5. The molecule has 0 radical (unpaired) electrons. The van der Waals surface area contributed by atoms with Gasteiger partial charge in [0, 0.05) is 37.6 Å². The number of likely N-dealkylation sites (tertiary alicyclic amines) is 1. The Bertz CT molecular complexity index is 1280. The fraction of sp³-hybridized carbons (Fsp3) is 0.280. The molecule has 1 atom stereocenters. The molecule has 1 spiro atoms.